The van der Waals surface area contributed by atoms with E-state index >= 15 is 0 Å². The molecule has 0 fully saturated rings. The summed E-state index contributed by atoms with van der Waals surface area (Å²) in [6, 6.07) is 22.8. The predicted molar refractivity (Wildman–Crippen MR) is 116 cm³/mol. The minimum atomic E-state index is -3.95. The Morgan fingerprint density at radius 1 is 0.793 bits per heavy atom. The number of halogens is 2. The van der Waals surface area contributed by atoms with Crippen LogP contribution in [0.4, 0.5) is 0 Å². The number of benzene rings is 3. The van der Waals surface area contributed by atoms with Crippen LogP contribution < -0.4 is 5.14 Å². The second-order valence-corrected chi connectivity index (χ2v) is 8.76. The van der Waals surface area contributed by atoms with Crippen molar-refractivity contribution in [2.24, 2.45) is 5.14 Å². The van der Waals surface area contributed by atoms with Gasteiger partial charge < -0.3 is 0 Å². The standard InChI is InChI=1S/C21H15Cl2N3O2S/c22-16-10-8-14(9-11-16)20-13-18(15-4-3-5-17(23)12-15)25-26(20)19-6-1-2-7-21(19)29(24,27)28/h1-13H,(H2,24,27,28). The van der Waals surface area contributed by atoms with E-state index in [1.807, 2.05) is 30.3 Å². The normalized spacial score (nSPS) is 11.6. The van der Waals surface area contributed by atoms with Crippen LogP contribution in [0.5, 0.6) is 0 Å². The Labute approximate surface area is 178 Å². The second-order valence-electron chi connectivity index (χ2n) is 6.36. The van der Waals surface area contributed by atoms with Gasteiger partial charge >= 0.3 is 0 Å². The van der Waals surface area contributed by atoms with E-state index in [2.05, 4.69) is 5.10 Å². The van der Waals surface area contributed by atoms with E-state index in [1.165, 1.54) is 6.07 Å². The summed E-state index contributed by atoms with van der Waals surface area (Å²) in [4.78, 5) is -0.0176. The first-order valence-electron chi connectivity index (χ1n) is 8.57. The second kappa shape index (κ2) is 7.65. The molecular weight excluding hydrogens is 429 g/mol. The molecule has 1 heterocycles. The summed E-state index contributed by atoms with van der Waals surface area (Å²) in [7, 11) is -3.95. The molecule has 0 saturated carbocycles. The van der Waals surface area contributed by atoms with E-state index < -0.39 is 10.0 Å². The number of para-hydroxylation sites is 1. The number of rotatable bonds is 4. The van der Waals surface area contributed by atoms with Crippen LogP contribution >= 0.6 is 23.2 Å². The maximum atomic E-state index is 12.1. The maximum absolute atomic E-state index is 12.1. The monoisotopic (exact) mass is 443 g/mol. The molecule has 0 radical (unpaired) electrons. The lowest BCUT2D eigenvalue weighted by atomic mass is 10.1. The summed E-state index contributed by atoms with van der Waals surface area (Å²) >= 11 is 12.2. The minimum absolute atomic E-state index is 0.0176. The third-order valence-electron chi connectivity index (χ3n) is 4.37. The number of sulfonamides is 1. The van der Waals surface area contributed by atoms with Crippen molar-refractivity contribution in [2.75, 3.05) is 0 Å². The first kappa shape index (κ1) is 19.7. The Balaban J connectivity index is 1.99. The number of nitrogens with zero attached hydrogens (tertiary/aromatic N) is 2. The van der Waals surface area contributed by atoms with E-state index in [1.54, 1.807) is 47.1 Å². The zero-order valence-corrected chi connectivity index (χ0v) is 17.3. The highest BCUT2D eigenvalue weighted by Gasteiger charge is 2.20. The first-order valence-corrected chi connectivity index (χ1v) is 10.9. The Morgan fingerprint density at radius 2 is 1.52 bits per heavy atom. The van der Waals surface area contributed by atoms with Gasteiger partial charge in [0.05, 0.1) is 17.1 Å². The fourth-order valence-corrected chi connectivity index (χ4v) is 4.08. The molecule has 0 unspecified atom stereocenters. The zero-order valence-electron chi connectivity index (χ0n) is 15.0. The molecule has 0 amide bonds. The Bertz CT molecular complexity index is 1300. The van der Waals surface area contributed by atoms with Gasteiger partial charge in [0, 0.05) is 21.2 Å². The molecule has 0 aliphatic carbocycles. The number of hydrogen-bond acceptors (Lipinski definition) is 3. The third kappa shape index (κ3) is 4.06. The van der Waals surface area contributed by atoms with Gasteiger partial charge in [0.1, 0.15) is 4.90 Å². The van der Waals surface area contributed by atoms with Crippen molar-refractivity contribution in [3.8, 4) is 28.2 Å². The van der Waals surface area contributed by atoms with E-state index in [9.17, 15) is 8.42 Å². The number of primary sulfonamides is 1. The molecule has 5 nitrogen and oxygen atoms in total. The molecule has 4 aromatic rings. The molecule has 8 heteroatoms. The first-order chi connectivity index (χ1) is 13.8. The fraction of sp³-hybridized carbons (Fsp3) is 0. The minimum Gasteiger partial charge on any atom is -0.231 e. The van der Waals surface area contributed by atoms with Gasteiger partial charge in [-0.1, -0.05) is 59.6 Å². The zero-order chi connectivity index (χ0) is 20.6. The van der Waals surface area contributed by atoms with Crippen molar-refractivity contribution >= 4 is 33.2 Å². The summed E-state index contributed by atoms with van der Waals surface area (Å²) in [5, 5.41) is 11.3. The number of hydrogen-bond donors (Lipinski definition) is 1. The quantitative estimate of drug-likeness (QED) is 0.472. The molecule has 4 rings (SSSR count). The van der Waals surface area contributed by atoms with Crippen molar-refractivity contribution in [3.05, 3.63) is 88.9 Å². The molecule has 0 saturated heterocycles. The lowest BCUT2D eigenvalue weighted by Crippen LogP contribution is -2.16. The van der Waals surface area contributed by atoms with Crippen molar-refractivity contribution in [2.45, 2.75) is 4.90 Å². The van der Waals surface area contributed by atoms with Crippen molar-refractivity contribution in [1.29, 1.82) is 0 Å². The van der Waals surface area contributed by atoms with Crippen LogP contribution in [0.25, 0.3) is 28.2 Å². The Hall–Kier alpha value is -2.64. The van der Waals surface area contributed by atoms with Crippen LogP contribution in [0.15, 0.2) is 83.8 Å². The van der Waals surface area contributed by atoms with Gasteiger partial charge in [-0.15, -0.1) is 0 Å². The molecule has 0 aliphatic rings. The van der Waals surface area contributed by atoms with Crippen LogP contribution in [0.2, 0.25) is 10.0 Å². The summed E-state index contributed by atoms with van der Waals surface area (Å²) < 4.78 is 25.9. The average molecular weight is 444 g/mol. The third-order valence-corrected chi connectivity index (χ3v) is 5.82. The Kier molecular flexibility index (Phi) is 5.19. The van der Waals surface area contributed by atoms with Crippen LogP contribution in [0.3, 0.4) is 0 Å². The van der Waals surface area contributed by atoms with Crippen molar-refractivity contribution < 1.29 is 8.42 Å². The van der Waals surface area contributed by atoms with E-state index in [0.29, 0.717) is 27.1 Å². The van der Waals surface area contributed by atoms with Gasteiger partial charge in [-0.05, 0) is 42.5 Å². The number of nitrogens with two attached hydrogens (primary N) is 1. The molecular formula is C21H15Cl2N3O2S. The molecule has 0 spiro atoms. The molecule has 2 N–H and O–H groups in total. The van der Waals surface area contributed by atoms with Gasteiger partial charge in [-0.2, -0.15) is 5.10 Å². The molecule has 0 bridgehead atoms. The molecule has 146 valence electrons. The highest BCUT2D eigenvalue weighted by atomic mass is 35.5. The van der Waals surface area contributed by atoms with Crippen LogP contribution in [-0.4, -0.2) is 18.2 Å². The van der Waals surface area contributed by atoms with E-state index in [4.69, 9.17) is 28.3 Å². The van der Waals surface area contributed by atoms with Crippen molar-refractivity contribution in [3.63, 3.8) is 0 Å². The summed E-state index contributed by atoms with van der Waals surface area (Å²) in [5.41, 5.74) is 3.31. The van der Waals surface area contributed by atoms with Gasteiger partial charge in [-0.3, -0.25) is 0 Å². The van der Waals surface area contributed by atoms with Crippen LogP contribution in [0.1, 0.15) is 0 Å². The Morgan fingerprint density at radius 3 is 2.21 bits per heavy atom. The van der Waals surface area contributed by atoms with Gasteiger partial charge in [0.25, 0.3) is 0 Å². The van der Waals surface area contributed by atoms with Crippen LogP contribution in [-0.2, 0) is 10.0 Å². The highest BCUT2D eigenvalue weighted by molar-refractivity contribution is 7.89. The maximum Gasteiger partial charge on any atom is 0.240 e. The lowest BCUT2D eigenvalue weighted by molar-refractivity contribution is 0.596. The topological polar surface area (TPSA) is 78.0 Å². The smallest absolute Gasteiger partial charge is 0.231 e. The largest absolute Gasteiger partial charge is 0.240 e. The van der Waals surface area contributed by atoms with Gasteiger partial charge in [0.2, 0.25) is 10.0 Å². The highest BCUT2D eigenvalue weighted by Crippen LogP contribution is 2.32. The average Bonchev–Trinajstić information content (AvgIpc) is 3.13. The fourth-order valence-electron chi connectivity index (χ4n) is 3.05. The molecule has 29 heavy (non-hydrogen) atoms. The predicted octanol–water partition coefficient (Wildman–Crippen LogP) is 5.16. The number of aromatic nitrogens is 2. The van der Waals surface area contributed by atoms with Gasteiger partial charge in [-0.25, -0.2) is 18.2 Å². The molecule has 1 aromatic heterocycles. The summed E-state index contributed by atoms with van der Waals surface area (Å²) in [5.74, 6) is 0. The lowest BCUT2D eigenvalue weighted by Gasteiger charge is -2.11. The van der Waals surface area contributed by atoms with E-state index in [-0.39, 0.29) is 4.90 Å². The summed E-state index contributed by atoms with van der Waals surface area (Å²) in [6.07, 6.45) is 0. The van der Waals surface area contributed by atoms with E-state index in [0.717, 1.165) is 11.1 Å². The molecule has 0 atom stereocenters. The summed E-state index contributed by atoms with van der Waals surface area (Å²) in [6.45, 7) is 0. The molecule has 3 aromatic carbocycles. The SMILES string of the molecule is NS(=O)(=O)c1ccccc1-n1nc(-c2cccc(Cl)c2)cc1-c1ccc(Cl)cc1. The molecule has 0 aliphatic heterocycles. The van der Waals surface area contributed by atoms with Crippen LogP contribution in [0, 0.1) is 0 Å². The van der Waals surface area contributed by atoms with Gasteiger partial charge in [0.15, 0.2) is 0 Å². The van der Waals surface area contributed by atoms with Crippen molar-refractivity contribution in [1.82, 2.24) is 9.78 Å².